The first-order valence-corrected chi connectivity index (χ1v) is 24.1. The van der Waals surface area contributed by atoms with Gasteiger partial charge in [-0.3, -0.25) is 9.59 Å². The first kappa shape index (κ1) is 58.2. The summed E-state index contributed by atoms with van der Waals surface area (Å²) in [6.45, 7) is 26.1. The number of hydrogen-bond acceptors (Lipinski definition) is 4. The average Bonchev–Trinajstić information content (AvgIpc) is 3.89. The average molecular weight is 966 g/mol. The van der Waals surface area contributed by atoms with E-state index in [9.17, 15) is 27.2 Å². The second-order valence-electron chi connectivity index (χ2n) is 18.3. The zero-order valence-corrected chi connectivity index (χ0v) is 42.9. The molecular formula is C55H70Cl2F4N4O2. The molecule has 6 nitrogen and oxygen atoms in total. The Bertz CT molecular complexity index is 2260. The molecule has 5 atom stereocenters. The van der Waals surface area contributed by atoms with Gasteiger partial charge in [-0.15, -0.1) is 0 Å². The van der Waals surface area contributed by atoms with Gasteiger partial charge in [-0.25, -0.2) is 17.6 Å². The van der Waals surface area contributed by atoms with Crippen molar-refractivity contribution in [1.82, 2.24) is 9.80 Å². The molecule has 0 N–H and O–H groups in total. The molecule has 0 saturated carbocycles. The third-order valence-corrected chi connectivity index (χ3v) is 13.2. The van der Waals surface area contributed by atoms with Crippen molar-refractivity contribution >= 4 is 35.0 Å². The highest BCUT2D eigenvalue weighted by Crippen LogP contribution is 2.32. The summed E-state index contributed by atoms with van der Waals surface area (Å²) in [5.74, 6) is 0.334. The molecule has 364 valence electrons. The highest BCUT2D eigenvalue weighted by atomic mass is 35.5. The van der Waals surface area contributed by atoms with Crippen LogP contribution in [0.25, 0.3) is 0 Å². The van der Waals surface area contributed by atoms with Crippen LogP contribution in [-0.2, 0) is 22.4 Å². The molecule has 5 unspecified atom stereocenters. The number of aryl methyl sites for hydroxylation is 4. The van der Waals surface area contributed by atoms with Crippen LogP contribution in [0.1, 0.15) is 140 Å². The Morgan fingerprint density at radius 1 is 0.627 bits per heavy atom. The van der Waals surface area contributed by atoms with Crippen LogP contribution < -0.4 is 0 Å². The number of amides is 2. The molecule has 6 rings (SSSR count). The van der Waals surface area contributed by atoms with E-state index in [4.69, 9.17) is 33.7 Å². The van der Waals surface area contributed by atoms with Gasteiger partial charge in [-0.05, 0) is 153 Å². The fraction of sp³-hybridized carbons (Fsp3) is 0.491. The topological polar surface area (TPSA) is 88.2 Å². The largest absolute Gasteiger partial charge is 0.340 e. The van der Waals surface area contributed by atoms with E-state index in [0.29, 0.717) is 99.2 Å². The summed E-state index contributed by atoms with van der Waals surface area (Å²) in [6.07, 6.45) is 4.08. The van der Waals surface area contributed by atoms with Crippen LogP contribution in [-0.4, -0.2) is 46.8 Å². The standard InChI is InChI=1S/C20H29F2NO.C11H21NO.2C8H6ClN.C8H8F2/c1-6-15-8-19(22)17(10-18(15)21)13(4)7-14(5)23-11-16(12(2)3)9-20(23)24;1-5-9(4)12-7-10(8(2)3)6-11(12)13;2*1-6-2-3-7(5-10)8(9)4-6;1-2-6-4-3-5-7(9)8(6)10/h8,10,12-14,16H,6-7,9,11H2,1-5H3;8-10H,5-7H2,1-4H3;2*2-4H,1H3;3-5H,2H2,1H3. The minimum Gasteiger partial charge on any atom is -0.340 e. The first-order valence-electron chi connectivity index (χ1n) is 23.4. The lowest BCUT2D eigenvalue weighted by atomic mass is 9.92. The lowest BCUT2D eigenvalue weighted by molar-refractivity contribution is -0.130. The third-order valence-electron chi connectivity index (χ3n) is 12.6. The molecule has 2 aliphatic rings. The van der Waals surface area contributed by atoms with E-state index in [2.05, 4.69) is 41.5 Å². The molecule has 0 aliphatic carbocycles. The molecule has 0 aromatic heterocycles. The fourth-order valence-corrected chi connectivity index (χ4v) is 8.30. The molecular weight excluding hydrogens is 896 g/mol. The SMILES string of the molecule is CCC(C)N1CC(C(C)C)CC1=O.CCc1cc(F)c(C(C)CC(C)N2CC(C(C)C)CC2=O)cc1F.CCc1cccc(F)c1F.Cc1ccc(C#N)c(Cl)c1.Cc1ccc(C#N)c(Cl)c1. The molecule has 0 radical (unpaired) electrons. The molecule has 2 heterocycles. The highest BCUT2D eigenvalue weighted by molar-refractivity contribution is 6.32. The van der Waals surface area contributed by atoms with Gasteiger partial charge in [0.1, 0.15) is 23.8 Å². The van der Waals surface area contributed by atoms with Crippen LogP contribution in [0.5, 0.6) is 0 Å². The number of nitriles is 2. The summed E-state index contributed by atoms with van der Waals surface area (Å²) in [4.78, 5) is 27.8. The van der Waals surface area contributed by atoms with Gasteiger partial charge >= 0.3 is 0 Å². The Kier molecular flexibility index (Phi) is 24.7. The number of rotatable bonds is 10. The predicted octanol–water partition coefficient (Wildman–Crippen LogP) is 14.8. The van der Waals surface area contributed by atoms with E-state index in [1.807, 2.05) is 68.7 Å². The second-order valence-corrected chi connectivity index (χ2v) is 19.1. The normalized spacial score (nSPS) is 16.6. The van der Waals surface area contributed by atoms with Crippen molar-refractivity contribution in [2.24, 2.45) is 23.7 Å². The monoisotopic (exact) mass is 964 g/mol. The Morgan fingerprint density at radius 3 is 1.46 bits per heavy atom. The fourth-order valence-electron chi connectivity index (χ4n) is 7.75. The van der Waals surface area contributed by atoms with Crippen molar-refractivity contribution in [1.29, 1.82) is 10.5 Å². The Balaban J connectivity index is 0.000000306. The maximum absolute atomic E-state index is 14.3. The van der Waals surface area contributed by atoms with Crippen molar-refractivity contribution in [2.45, 2.75) is 140 Å². The van der Waals surface area contributed by atoms with Crippen LogP contribution in [0.3, 0.4) is 0 Å². The second kappa shape index (κ2) is 28.4. The van der Waals surface area contributed by atoms with E-state index < -0.39 is 11.6 Å². The van der Waals surface area contributed by atoms with Crippen LogP contribution in [0.2, 0.25) is 10.0 Å². The van der Waals surface area contributed by atoms with Crippen LogP contribution in [0, 0.1) is 83.5 Å². The third kappa shape index (κ3) is 17.9. The molecule has 2 saturated heterocycles. The molecule has 0 spiro atoms. The van der Waals surface area contributed by atoms with Crippen molar-refractivity contribution in [3.05, 3.63) is 139 Å². The minimum absolute atomic E-state index is 0.0320. The van der Waals surface area contributed by atoms with E-state index in [-0.39, 0.29) is 29.5 Å². The minimum atomic E-state index is -0.764. The summed E-state index contributed by atoms with van der Waals surface area (Å²) in [7, 11) is 0. The van der Waals surface area contributed by atoms with Crippen LogP contribution in [0.4, 0.5) is 17.6 Å². The summed E-state index contributed by atoms with van der Waals surface area (Å²) in [6, 6.07) is 22.0. The van der Waals surface area contributed by atoms with Gasteiger partial charge in [0, 0.05) is 38.0 Å². The summed E-state index contributed by atoms with van der Waals surface area (Å²) in [5.41, 5.74) is 4.46. The number of carbonyl (C=O) groups excluding carboxylic acids is 2. The number of carbonyl (C=O) groups is 2. The summed E-state index contributed by atoms with van der Waals surface area (Å²) in [5, 5.41) is 18.0. The molecule has 4 aromatic carbocycles. The Hall–Kier alpha value is -4.90. The van der Waals surface area contributed by atoms with E-state index in [1.54, 1.807) is 37.3 Å². The van der Waals surface area contributed by atoms with Crippen molar-refractivity contribution in [3.63, 3.8) is 0 Å². The smallest absolute Gasteiger partial charge is 0.223 e. The predicted molar refractivity (Wildman–Crippen MR) is 265 cm³/mol. The van der Waals surface area contributed by atoms with E-state index in [0.717, 1.165) is 43.1 Å². The lowest BCUT2D eigenvalue weighted by Crippen LogP contribution is -2.35. The summed E-state index contributed by atoms with van der Waals surface area (Å²) >= 11 is 11.4. The van der Waals surface area contributed by atoms with Crippen LogP contribution in [0.15, 0.2) is 66.7 Å². The molecule has 2 fully saturated rings. The van der Waals surface area contributed by atoms with Crippen molar-refractivity contribution in [2.75, 3.05) is 13.1 Å². The molecule has 2 aliphatic heterocycles. The maximum Gasteiger partial charge on any atom is 0.223 e. The highest BCUT2D eigenvalue weighted by Gasteiger charge is 2.35. The van der Waals surface area contributed by atoms with Gasteiger partial charge in [0.05, 0.1) is 21.2 Å². The molecule has 12 heteroatoms. The quantitative estimate of drug-likeness (QED) is 0.148. The van der Waals surface area contributed by atoms with Gasteiger partial charge in [0.15, 0.2) is 11.6 Å². The van der Waals surface area contributed by atoms with Crippen LogP contribution >= 0.6 is 23.2 Å². The van der Waals surface area contributed by atoms with Crippen molar-refractivity contribution in [3.8, 4) is 12.1 Å². The van der Waals surface area contributed by atoms with E-state index in [1.165, 1.54) is 18.2 Å². The summed E-state index contributed by atoms with van der Waals surface area (Å²) < 4.78 is 53.3. The zero-order chi connectivity index (χ0) is 50.7. The molecule has 0 bridgehead atoms. The number of hydrogen-bond donors (Lipinski definition) is 0. The van der Waals surface area contributed by atoms with E-state index >= 15 is 0 Å². The lowest BCUT2D eigenvalue weighted by Gasteiger charge is -2.28. The van der Waals surface area contributed by atoms with Gasteiger partial charge in [-0.2, -0.15) is 10.5 Å². The molecule has 67 heavy (non-hydrogen) atoms. The number of likely N-dealkylation sites (tertiary alicyclic amines) is 2. The maximum atomic E-state index is 14.3. The Labute approximate surface area is 408 Å². The zero-order valence-electron chi connectivity index (χ0n) is 41.4. The van der Waals surface area contributed by atoms with Gasteiger partial charge < -0.3 is 9.80 Å². The van der Waals surface area contributed by atoms with Gasteiger partial charge in [-0.1, -0.05) is 103 Å². The van der Waals surface area contributed by atoms with Crippen molar-refractivity contribution < 1.29 is 27.2 Å². The van der Waals surface area contributed by atoms with Gasteiger partial charge in [0.2, 0.25) is 11.8 Å². The molecule has 2 amide bonds. The number of benzene rings is 4. The number of halogens is 6. The Morgan fingerprint density at radius 2 is 1.09 bits per heavy atom. The van der Waals surface area contributed by atoms with Gasteiger partial charge in [0.25, 0.3) is 0 Å². The molecule has 4 aromatic rings. The first-order chi connectivity index (χ1) is 31.5. The number of nitrogens with zero attached hydrogens (tertiary/aromatic N) is 4.